The number of carbonyl (C=O) groups excluding carboxylic acids is 2. The first-order chi connectivity index (χ1) is 14.6. The summed E-state index contributed by atoms with van der Waals surface area (Å²) >= 11 is 1.21. The second-order valence-electron chi connectivity index (χ2n) is 6.53. The predicted octanol–water partition coefficient (Wildman–Crippen LogP) is 2.97. The van der Waals surface area contributed by atoms with E-state index in [1.807, 2.05) is 41.0 Å². The number of nitrogens with one attached hydrogen (secondary N) is 1. The summed E-state index contributed by atoms with van der Waals surface area (Å²) in [5.74, 6) is 0.358. The normalized spacial score (nSPS) is 10.8. The van der Waals surface area contributed by atoms with Crippen LogP contribution in [0.1, 0.15) is 16.1 Å². The number of nitrogens with zero attached hydrogens (tertiary/aromatic N) is 4. The SMILES string of the molecule is Cn1cccc1C(=O)NC(=O)CSc1nnc(-c2ccco2)n1Cc1ccccc1. The predicted molar refractivity (Wildman–Crippen MR) is 112 cm³/mol. The average Bonchev–Trinajstić information content (AvgIpc) is 3.48. The first-order valence-electron chi connectivity index (χ1n) is 9.21. The van der Waals surface area contributed by atoms with Crippen molar-refractivity contribution in [3.63, 3.8) is 0 Å². The monoisotopic (exact) mass is 421 g/mol. The van der Waals surface area contributed by atoms with E-state index in [1.165, 1.54) is 11.8 Å². The largest absolute Gasteiger partial charge is 0.461 e. The molecule has 0 radical (unpaired) electrons. The molecule has 0 fully saturated rings. The molecule has 0 aliphatic carbocycles. The molecule has 0 saturated heterocycles. The first kappa shape index (κ1) is 19.7. The maximum atomic E-state index is 12.3. The van der Waals surface area contributed by atoms with Crippen LogP contribution in [0.15, 0.2) is 76.6 Å². The number of benzene rings is 1. The fraction of sp³-hybridized carbons (Fsp3) is 0.143. The van der Waals surface area contributed by atoms with E-state index in [9.17, 15) is 9.59 Å². The summed E-state index contributed by atoms with van der Waals surface area (Å²) in [6.07, 6.45) is 3.32. The fourth-order valence-corrected chi connectivity index (χ4v) is 3.68. The Bertz CT molecular complexity index is 1150. The topological polar surface area (TPSA) is 94.9 Å². The zero-order valence-corrected chi connectivity index (χ0v) is 17.0. The van der Waals surface area contributed by atoms with Crippen molar-refractivity contribution in [3.05, 3.63) is 78.3 Å². The number of hydrogen-bond donors (Lipinski definition) is 1. The van der Waals surface area contributed by atoms with Gasteiger partial charge in [-0.1, -0.05) is 42.1 Å². The Kier molecular flexibility index (Phi) is 5.80. The van der Waals surface area contributed by atoms with Crippen LogP contribution in [0.2, 0.25) is 0 Å². The molecule has 30 heavy (non-hydrogen) atoms. The van der Waals surface area contributed by atoms with E-state index in [4.69, 9.17) is 4.42 Å². The molecule has 1 N–H and O–H groups in total. The van der Waals surface area contributed by atoms with Crippen molar-refractivity contribution in [2.45, 2.75) is 11.7 Å². The summed E-state index contributed by atoms with van der Waals surface area (Å²) in [6.45, 7) is 0.524. The molecule has 3 heterocycles. The lowest BCUT2D eigenvalue weighted by Gasteiger charge is -2.09. The van der Waals surface area contributed by atoms with Crippen molar-refractivity contribution in [3.8, 4) is 11.6 Å². The van der Waals surface area contributed by atoms with Gasteiger partial charge >= 0.3 is 0 Å². The Labute approximate surface area is 176 Å². The van der Waals surface area contributed by atoms with Crippen molar-refractivity contribution >= 4 is 23.6 Å². The third-order valence-electron chi connectivity index (χ3n) is 4.40. The van der Waals surface area contributed by atoms with E-state index in [2.05, 4.69) is 15.5 Å². The van der Waals surface area contributed by atoms with Gasteiger partial charge in [-0.15, -0.1) is 10.2 Å². The molecule has 1 aromatic carbocycles. The molecule has 4 rings (SSSR count). The highest BCUT2D eigenvalue weighted by molar-refractivity contribution is 7.99. The van der Waals surface area contributed by atoms with Crippen LogP contribution in [0.5, 0.6) is 0 Å². The zero-order chi connectivity index (χ0) is 20.9. The number of imide groups is 1. The first-order valence-corrected chi connectivity index (χ1v) is 10.2. The van der Waals surface area contributed by atoms with E-state index in [-0.39, 0.29) is 5.75 Å². The Morgan fingerprint density at radius 2 is 1.90 bits per heavy atom. The van der Waals surface area contributed by atoms with Crippen LogP contribution in [-0.2, 0) is 18.4 Å². The molecule has 0 atom stereocenters. The summed E-state index contributed by atoms with van der Waals surface area (Å²) in [5, 5.41) is 11.4. The fourth-order valence-electron chi connectivity index (χ4n) is 2.95. The smallest absolute Gasteiger partial charge is 0.274 e. The molecule has 0 bridgehead atoms. The van der Waals surface area contributed by atoms with Crippen molar-refractivity contribution in [2.24, 2.45) is 7.05 Å². The lowest BCUT2D eigenvalue weighted by Crippen LogP contribution is -2.33. The average molecular weight is 421 g/mol. The molecular formula is C21H19N5O3S. The number of amides is 2. The van der Waals surface area contributed by atoms with Crippen LogP contribution in [0.4, 0.5) is 0 Å². The van der Waals surface area contributed by atoms with Gasteiger partial charge in [0.25, 0.3) is 5.91 Å². The minimum Gasteiger partial charge on any atom is -0.461 e. The van der Waals surface area contributed by atoms with E-state index in [0.717, 1.165) is 5.56 Å². The van der Waals surface area contributed by atoms with Crippen LogP contribution >= 0.6 is 11.8 Å². The van der Waals surface area contributed by atoms with E-state index in [1.54, 1.807) is 42.3 Å². The second kappa shape index (κ2) is 8.83. The molecule has 2 amide bonds. The van der Waals surface area contributed by atoms with Gasteiger partial charge in [-0.2, -0.15) is 0 Å². The second-order valence-corrected chi connectivity index (χ2v) is 7.47. The van der Waals surface area contributed by atoms with E-state index >= 15 is 0 Å². The highest BCUT2D eigenvalue weighted by Crippen LogP contribution is 2.25. The summed E-state index contributed by atoms with van der Waals surface area (Å²) in [6, 6.07) is 16.9. The van der Waals surface area contributed by atoms with Gasteiger partial charge in [0.2, 0.25) is 11.7 Å². The maximum absolute atomic E-state index is 12.3. The number of rotatable bonds is 7. The molecule has 0 aliphatic rings. The van der Waals surface area contributed by atoms with Crippen LogP contribution in [-0.4, -0.2) is 36.9 Å². The van der Waals surface area contributed by atoms with Crippen molar-refractivity contribution in [1.29, 1.82) is 0 Å². The van der Waals surface area contributed by atoms with E-state index < -0.39 is 11.8 Å². The number of aromatic nitrogens is 4. The highest BCUT2D eigenvalue weighted by atomic mass is 32.2. The molecule has 0 aliphatic heterocycles. The van der Waals surface area contributed by atoms with Gasteiger partial charge < -0.3 is 8.98 Å². The van der Waals surface area contributed by atoms with E-state index in [0.29, 0.717) is 29.0 Å². The van der Waals surface area contributed by atoms with Gasteiger partial charge in [0.1, 0.15) is 5.69 Å². The molecule has 152 valence electrons. The lowest BCUT2D eigenvalue weighted by molar-refractivity contribution is -0.117. The van der Waals surface area contributed by atoms with Gasteiger partial charge in [0.15, 0.2) is 10.9 Å². The van der Waals surface area contributed by atoms with Crippen molar-refractivity contribution in [1.82, 2.24) is 24.6 Å². The Balaban J connectivity index is 1.49. The highest BCUT2D eigenvalue weighted by Gasteiger charge is 2.19. The van der Waals surface area contributed by atoms with Crippen LogP contribution < -0.4 is 5.32 Å². The summed E-state index contributed by atoms with van der Waals surface area (Å²) in [5.41, 5.74) is 1.48. The summed E-state index contributed by atoms with van der Waals surface area (Å²) in [7, 11) is 1.75. The van der Waals surface area contributed by atoms with Crippen LogP contribution in [0.3, 0.4) is 0 Å². The number of carbonyl (C=O) groups is 2. The molecule has 9 heteroatoms. The number of hydrogen-bond acceptors (Lipinski definition) is 6. The quantitative estimate of drug-likeness (QED) is 0.461. The van der Waals surface area contributed by atoms with Gasteiger partial charge in [0.05, 0.1) is 18.6 Å². The van der Waals surface area contributed by atoms with Crippen LogP contribution in [0.25, 0.3) is 11.6 Å². The Morgan fingerprint density at radius 3 is 2.60 bits per heavy atom. The molecular weight excluding hydrogens is 402 g/mol. The van der Waals surface area contributed by atoms with Gasteiger partial charge in [0, 0.05) is 13.2 Å². The molecule has 0 saturated carbocycles. The van der Waals surface area contributed by atoms with Crippen LogP contribution in [0, 0.1) is 0 Å². The molecule has 0 unspecified atom stereocenters. The minimum absolute atomic E-state index is 0.0290. The van der Waals surface area contributed by atoms with Gasteiger partial charge in [-0.3, -0.25) is 19.5 Å². The Morgan fingerprint density at radius 1 is 1.07 bits per heavy atom. The standard InChI is InChI=1S/C21H19N5O3S/c1-25-11-5-9-16(25)20(28)22-18(27)14-30-21-24-23-19(17-10-6-12-29-17)26(21)13-15-7-3-2-4-8-15/h2-12H,13-14H2,1H3,(H,22,27,28). The molecule has 0 spiro atoms. The van der Waals surface area contributed by atoms with Gasteiger partial charge in [-0.25, -0.2) is 0 Å². The third kappa shape index (κ3) is 4.36. The number of aryl methyl sites for hydroxylation is 1. The third-order valence-corrected chi connectivity index (χ3v) is 5.37. The summed E-state index contributed by atoms with van der Waals surface area (Å²) in [4.78, 5) is 24.5. The lowest BCUT2D eigenvalue weighted by atomic mass is 10.2. The summed E-state index contributed by atoms with van der Waals surface area (Å²) < 4.78 is 9.03. The van der Waals surface area contributed by atoms with Crippen molar-refractivity contribution in [2.75, 3.05) is 5.75 Å². The van der Waals surface area contributed by atoms with Crippen molar-refractivity contribution < 1.29 is 14.0 Å². The van der Waals surface area contributed by atoms with Gasteiger partial charge in [-0.05, 0) is 29.8 Å². The maximum Gasteiger partial charge on any atom is 0.274 e. The molecule has 4 aromatic rings. The molecule has 3 aromatic heterocycles. The molecule has 8 nitrogen and oxygen atoms in total. The minimum atomic E-state index is -0.435. The number of thioether (sulfide) groups is 1. The number of furan rings is 1. The zero-order valence-electron chi connectivity index (χ0n) is 16.2. The Hall–Kier alpha value is -3.59.